The van der Waals surface area contributed by atoms with Gasteiger partial charge in [0.05, 0.1) is 12.4 Å². The first kappa shape index (κ1) is 22.6. The van der Waals surface area contributed by atoms with Crippen LogP contribution >= 0.6 is 0 Å². The molecule has 0 aliphatic carbocycles. The van der Waals surface area contributed by atoms with Crippen LogP contribution in [0.5, 0.6) is 0 Å². The number of anilines is 2. The van der Waals surface area contributed by atoms with E-state index in [1.807, 2.05) is 23.9 Å². The van der Waals surface area contributed by atoms with Gasteiger partial charge in [-0.15, -0.1) is 0 Å². The highest BCUT2D eigenvalue weighted by molar-refractivity contribution is 6.02. The van der Waals surface area contributed by atoms with E-state index < -0.39 is 0 Å². The fraction of sp³-hybridized carbons (Fsp3) is 0.308. The Hall–Kier alpha value is -3.58. The van der Waals surface area contributed by atoms with Crippen LogP contribution in [0.4, 0.5) is 11.4 Å². The molecule has 1 unspecified atom stereocenters. The van der Waals surface area contributed by atoms with Crippen molar-refractivity contribution in [2.45, 2.75) is 25.5 Å². The van der Waals surface area contributed by atoms with Crippen LogP contribution in [0.2, 0.25) is 0 Å². The predicted octanol–water partition coefficient (Wildman–Crippen LogP) is 4.42. The number of carbonyl (C=O) groups excluding carboxylic acids is 2. The molecule has 7 heteroatoms. The first-order valence-corrected chi connectivity index (χ1v) is 11.1. The van der Waals surface area contributed by atoms with Gasteiger partial charge in [0.25, 0.3) is 11.8 Å². The summed E-state index contributed by atoms with van der Waals surface area (Å²) in [6.07, 6.45) is 3.49. The molecule has 1 aromatic heterocycles. The molecule has 0 spiro atoms. The maximum atomic E-state index is 13.4. The molecule has 0 bridgehead atoms. The van der Waals surface area contributed by atoms with Gasteiger partial charge in [0, 0.05) is 50.7 Å². The number of hydrogen-bond acceptors (Lipinski definition) is 5. The Morgan fingerprint density at radius 3 is 2.39 bits per heavy atom. The van der Waals surface area contributed by atoms with Crippen LogP contribution in [-0.4, -0.2) is 50.1 Å². The van der Waals surface area contributed by atoms with E-state index in [0.29, 0.717) is 24.3 Å². The number of nitrogens with zero attached hydrogens (tertiary/aromatic N) is 2. The number of nitrogens with one attached hydrogen (secondary N) is 1. The minimum Gasteiger partial charge on any atom is -0.459 e. The lowest BCUT2D eigenvalue weighted by Crippen LogP contribution is -2.37. The molecule has 3 aromatic rings. The van der Waals surface area contributed by atoms with Crippen LogP contribution in [0.3, 0.4) is 0 Å². The van der Waals surface area contributed by atoms with Crippen molar-refractivity contribution in [2.75, 3.05) is 37.5 Å². The summed E-state index contributed by atoms with van der Waals surface area (Å²) in [6, 6.07) is 18.4. The van der Waals surface area contributed by atoms with Crippen LogP contribution in [-0.2, 0) is 11.3 Å². The molecule has 1 fully saturated rings. The smallest absolute Gasteiger partial charge is 0.291 e. The van der Waals surface area contributed by atoms with Gasteiger partial charge in [0.15, 0.2) is 5.76 Å². The summed E-state index contributed by atoms with van der Waals surface area (Å²) >= 11 is 0. The second kappa shape index (κ2) is 10.4. The molecular weight excluding hydrogens is 418 g/mol. The molecule has 172 valence electrons. The second-order valence-corrected chi connectivity index (χ2v) is 8.39. The summed E-state index contributed by atoms with van der Waals surface area (Å²) in [5.74, 6) is -0.162. The number of carbonyl (C=O) groups is 2. The zero-order chi connectivity index (χ0) is 23.2. The number of ether oxygens (including phenoxy) is 1. The highest BCUT2D eigenvalue weighted by atomic mass is 16.5. The van der Waals surface area contributed by atoms with E-state index in [1.165, 1.54) is 6.26 Å². The Morgan fingerprint density at radius 2 is 1.79 bits per heavy atom. The van der Waals surface area contributed by atoms with Crippen LogP contribution < -0.4 is 10.2 Å². The van der Waals surface area contributed by atoms with Crippen molar-refractivity contribution in [2.24, 2.45) is 0 Å². The van der Waals surface area contributed by atoms with Crippen molar-refractivity contribution in [3.8, 4) is 0 Å². The number of rotatable bonds is 8. The first-order chi connectivity index (χ1) is 16.0. The number of amides is 2. The molecular formula is C26H29N3O4. The maximum Gasteiger partial charge on any atom is 0.291 e. The summed E-state index contributed by atoms with van der Waals surface area (Å²) in [7, 11) is 4.01. The summed E-state index contributed by atoms with van der Waals surface area (Å²) < 4.78 is 10.9. The van der Waals surface area contributed by atoms with Gasteiger partial charge < -0.3 is 24.3 Å². The lowest BCUT2D eigenvalue weighted by molar-refractivity contribution is 0.0507. The van der Waals surface area contributed by atoms with Gasteiger partial charge in [-0.2, -0.15) is 0 Å². The number of furan rings is 1. The third-order valence-corrected chi connectivity index (χ3v) is 5.70. The molecule has 1 aliphatic rings. The normalized spacial score (nSPS) is 15.3. The fourth-order valence-electron chi connectivity index (χ4n) is 3.85. The zero-order valence-corrected chi connectivity index (χ0v) is 19.0. The average Bonchev–Trinajstić information content (AvgIpc) is 3.54. The van der Waals surface area contributed by atoms with Crippen molar-refractivity contribution >= 4 is 23.2 Å². The minimum atomic E-state index is -0.333. The average molecular weight is 448 g/mol. The molecule has 1 aliphatic heterocycles. The van der Waals surface area contributed by atoms with E-state index in [2.05, 4.69) is 29.6 Å². The zero-order valence-electron chi connectivity index (χ0n) is 19.0. The van der Waals surface area contributed by atoms with E-state index in [0.717, 1.165) is 30.7 Å². The van der Waals surface area contributed by atoms with Gasteiger partial charge in [-0.25, -0.2) is 0 Å². The monoisotopic (exact) mass is 447 g/mol. The summed E-state index contributed by atoms with van der Waals surface area (Å²) in [6.45, 7) is 1.79. The van der Waals surface area contributed by atoms with Gasteiger partial charge in [0.1, 0.15) is 0 Å². The molecule has 7 nitrogen and oxygen atoms in total. The molecule has 33 heavy (non-hydrogen) atoms. The van der Waals surface area contributed by atoms with Crippen molar-refractivity contribution in [1.29, 1.82) is 0 Å². The molecule has 1 saturated heterocycles. The third kappa shape index (κ3) is 5.81. The Balaban J connectivity index is 1.47. The van der Waals surface area contributed by atoms with E-state index >= 15 is 0 Å². The number of hydrogen-bond donors (Lipinski definition) is 1. The predicted molar refractivity (Wildman–Crippen MR) is 128 cm³/mol. The highest BCUT2D eigenvalue weighted by Crippen LogP contribution is 2.20. The van der Waals surface area contributed by atoms with Gasteiger partial charge >= 0.3 is 0 Å². The molecule has 2 amide bonds. The van der Waals surface area contributed by atoms with Crippen LogP contribution in [0, 0.1) is 0 Å². The maximum absolute atomic E-state index is 13.4. The van der Waals surface area contributed by atoms with E-state index in [9.17, 15) is 9.59 Å². The first-order valence-electron chi connectivity index (χ1n) is 11.1. The van der Waals surface area contributed by atoms with Crippen LogP contribution in [0.15, 0.2) is 71.3 Å². The lowest BCUT2D eigenvalue weighted by atomic mass is 10.1. The van der Waals surface area contributed by atoms with Gasteiger partial charge in [-0.1, -0.05) is 12.1 Å². The molecule has 2 aromatic carbocycles. The van der Waals surface area contributed by atoms with Crippen LogP contribution in [0.25, 0.3) is 0 Å². The van der Waals surface area contributed by atoms with Crippen molar-refractivity contribution in [1.82, 2.24) is 4.90 Å². The Labute approximate surface area is 193 Å². The molecule has 2 heterocycles. The summed E-state index contributed by atoms with van der Waals surface area (Å²) in [5, 5.41) is 2.77. The molecule has 0 saturated carbocycles. The fourth-order valence-corrected chi connectivity index (χ4v) is 3.85. The van der Waals surface area contributed by atoms with Crippen molar-refractivity contribution in [3.05, 3.63) is 83.8 Å². The summed E-state index contributed by atoms with van der Waals surface area (Å²) in [5.41, 5.74) is 3.34. The molecule has 0 radical (unpaired) electrons. The largest absolute Gasteiger partial charge is 0.459 e. The second-order valence-electron chi connectivity index (χ2n) is 8.39. The van der Waals surface area contributed by atoms with Crippen molar-refractivity contribution in [3.63, 3.8) is 0 Å². The SMILES string of the molecule is CN(C)c1ccc(CN(CC2CCCO2)C(=O)c2ccc(NC(=O)c3ccco3)cc2)cc1. The van der Waals surface area contributed by atoms with Gasteiger partial charge in [-0.3, -0.25) is 9.59 Å². The molecule has 1 N–H and O–H groups in total. The van der Waals surface area contributed by atoms with Crippen LogP contribution in [0.1, 0.15) is 39.3 Å². The molecule has 1 atom stereocenters. The Morgan fingerprint density at radius 1 is 1.03 bits per heavy atom. The van der Waals surface area contributed by atoms with E-state index in [1.54, 1.807) is 36.4 Å². The van der Waals surface area contributed by atoms with Crippen molar-refractivity contribution < 1.29 is 18.7 Å². The van der Waals surface area contributed by atoms with E-state index in [4.69, 9.17) is 9.15 Å². The Kier molecular flexibility index (Phi) is 7.10. The minimum absolute atomic E-state index is 0.0573. The lowest BCUT2D eigenvalue weighted by Gasteiger charge is -2.26. The Bertz CT molecular complexity index is 1050. The standard InChI is InChI=1S/C26H29N3O4/c1-28(2)22-13-7-19(8-14-22)17-29(18-23-5-3-15-32-23)26(31)20-9-11-21(12-10-20)27-25(30)24-6-4-16-33-24/h4,6-14,16,23H,3,5,15,17-18H2,1-2H3,(H,27,30). The topological polar surface area (TPSA) is 75.0 Å². The van der Waals surface area contributed by atoms with Gasteiger partial charge in [-0.05, 0) is 66.9 Å². The summed E-state index contributed by atoms with van der Waals surface area (Å²) in [4.78, 5) is 29.5. The number of benzene rings is 2. The third-order valence-electron chi connectivity index (χ3n) is 5.70. The molecule has 4 rings (SSSR count). The highest BCUT2D eigenvalue weighted by Gasteiger charge is 2.24. The van der Waals surface area contributed by atoms with E-state index in [-0.39, 0.29) is 23.7 Å². The van der Waals surface area contributed by atoms with Gasteiger partial charge in [0.2, 0.25) is 0 Å². The quantitative estimate of drug-likeness (QED) is 0.553.